The highest BCUT2D eigenvalue weighted by molar-refractivity contribution is 7.25. The molecule has 0 aliphatic heterocycles. The zero-order chi connectivity index (χ0) is 41.6. The molecule has 0 bridgehead atoms. The Labute approximate surface area is 364 Å². The molecule has 9 aromatic carbocycles. The van der Waals surface area contributed by atoms with Crippen LogP contribution in [0.2, 0.25) is 0 Å². The summed E-state index contributed by atoms with van der Waals surface area (Å²) in [7, 11) is 0. The van der Waals surface area contributed by atoms with Gasteiger partial charge in [0.25, 0.3) is 0 Å². The van der Waals surface area contributed by atoms with Crippen LogP contribution in [0.15, 0.2) is 212 Å². The monoisotopic (exact) mass is 811 g/mol. The molecular weight excluding hydrogens is 771 g/mol. The summed E-state index contributed by atoms with van der Waals surface area (Å²) in [4.78, 5) is 10.7. The number of hydrogen-bond donors (Lipinski definition) is 0. The van der Waals surface area contributed by atoms with Crippen LogP contribution in [0, 0.1) is 0 Å². The van der Waals surface area contributed by atoms with Crippen molar-refractivity contribution in [1.29, 1.82) is 0 Å². The molecule has 0 saturated carbocycles. The number of rotatable bonds is 6. The number of aromatic nitrogens is 3. The molecule has 0 saturated heterocycles. The van der Waals surface area contributed by atoms with Gasteiger partial charge in [-0.2, -0.15) is 0 Å². The molecule has 3 aromatic heterocycles. The molecule has 0 aliphatic carbocycles. The van der Waals surface area contributed by atoms with E-state index >= 15 is 0 Å². The minimum atomic E-state index is 0.645. The van der Waals surface area contributed by atoms with Crippen molar-refractivity contribution >= 4 is 64.2 Å². The first-order valence-corrected chi connectivity index (χ1v) is 22.1. The molecule has 3 heterocycles. The SMILES string of the molecule is CC.c1ccc(-c2cc(-c3cccc(-c4cccc(-c5cccc6sc7ccccc7c56)c4)c3)c3c(c2)c2ccccc2n3-c2nc(-c3ccccc3)c3ccccc3n2)cc1. The fourth-order valence-electron chi connectivity index (χ4n) is 9.05. The van der Waals surface area contributed by atoms with Crippen LogP contribution in [0.4, 0.5) is 0 Å². The van der Waals surface area contributed by atoms with Crippen molar-refractivity contribution in [1.82, 2.24) is 14.5 Å². The van der Waals surface area contributed by atoms with E-state index in [9.17, 15) is 0 Å². The summed E-state index contributed by atoms with van der Waals surface area (Å²) in [5.74, 6) is 0.645. The molecule has 0 fully saturated rings. The largest absolute Gasteiger partial charge is 0.277 e. The van der Waals surface area contributed by atoms with E-state index in [1.165, 1.54) is 42.4 Å². The first kappa shape index (κ1) is 37.3. The Bertz CT molecular complexity index is 3600. The van der Waals surface area contributed by atoms with Crippen molar-refractivity contribution in [2.75, 3.05) is 0 Å². The molecule has 12 rings (SSSR count). The van der Waals surface area contributed by atoms with Crippen molar-refractivity contribution in [3.63, 3.8) is 0 Å². The highest BCUT2D eigenvalue weighted by Crippen LogP contribution is 2.44. The minimum Gasteiger partial charge on any atom is -0.277 e. The molecule has 0 aliphatic rings. The molecule has 0 radical (unpaired) electrons. The Morgan fingerprint density at radius 3 is 1.69 bits per heavy atom. The number of para-hydroxylation sites is 2. The molecule has 0 N–H and O–H groups in total. The van der Waals surface area contributed by atoms with E-state index in [-0.39, 0.29) is 0 Å². The van der Waals surface area contributed by atoms with Crippen LogP contribution in [0.3, 0.4) is 0 Å². The van der Waals surface area contributed by atoms with Gasteiger partial charge in [-0.1, -0.05) is 178 Å². The van der Waals surface area contributed by atoms with E-state index in [4.69, 9.17) is 9.97 Å². The molecule has 0 unspecified atom stereocenters. The van der Waals surface area contributed by atoms with Crippen LogP contribution in [0.1, 0.15) is 13.8 Å². The van der Waals surface area contributed by atoms with Gasteiger partial charge in [0.05, 0.1) is 22.2 Å². The van der Waals surface area contributed by atoms with Gasteiger partial charge in [-0.05, 0) is 87.5 Å². The lowest BCUT2D eigenvalue weighted by molar-refractivity contribution is 1.01. The van der Waals surface area contributed by atoms with Gasteiger partial charge in [-0.25, -0.2) is 9.97 Å². The first-order chi connectivity index (χ1) is 30.7. The lowest BCUT2D eigenvalue weighted by Gasteiger charge is -2.15. The van der Waals surface area contributed by atoms with E-state index in [2.05, 4.69) is 211 Å². The van der Waals surface area contributed by atoms with E-state index in [1.54, 1.807) is 0 Å². The van der Waals surface area contributed by atoms with Gasteiger partial charge in [0, 0.05) is 47.5 Å². The number of fused-ring (bicyclic) bond motifs is 7. The van der Waals surface area contributed by atoms with Gasteiger partial charge >= 0.3 is 0 Å². The molecule has 0 amide bonds. The number of hydrogen-bond acceptors (Lipinski definition) is 3. The Morgan fingerprint density at radius 1 is 0.371 bits per heavy atom. The van der Waals surface area contributed by atoms with Crippen LogP contribution in [-0.4, -0.2) is 14.5 Å². The smallest absolute Gasteiger partial charge is 0.235 e. The van der Waals surface area contributed by atoms with Crippen LogP contribution in [0.25, 0.3) is 115 Å². The van der Waals surface area contributed by atoms with Crippen LogP contribution in [-0.2, 0) is 0 Å². The van der Waals surface area contributed by atoms with Crippen LogP contribution in [0.5, 0.6) is 0 Å². The van der Waals surface area contributed by atoms with Crippen molar-refractivity contribution in [2.24, 2.45) is 0 Å². The fourth-order valence-corrected chi connectivity index (χ4v) is 10.2. The summed E-state index contributed by atoms with van der Waals surface area (Å²) in [6.07, 6.45) is 0. The van der Waals surface area contributed by atoms with E-state index < -0.39 is 0 Å². The number of benzene rings is 9. The van der Waals surface area contributed by atoms with Crippen molar-refractivity contribution in [3.8, 4) is 61.7 Å². The topological polar surface area (TPSA) is 30.7 Å². The second-order valence-corrected chi connectivity index (χ2v) is 16.4. The molecule has 294 valence electrons. The second-order valence-electron chi connectivity index (χ2n) is 15.3. The molecule has 0 atom stereocenters. The minimum absolute atomic E-state index is 0.645. The Hall–Kier alpha value is -7.66. The maximum atomic E-state index is 5.42. The van der Waals surface area contributed by atoms with Crippen LogP contribution >= 0.6 is 11.3 Å². The van der Waals surface area contributed by atoms with E-state index in [0.29, 0.717) is 5.95 Å². The zero-order valence-corrected chi connectivity index (χ0v) is 35.3. The highest BCUT2D eigenvalue weighted by Gasteiger charge is 2.22. The van der Waals surface area contributed by atoms with Gasteiger partial charge in [-0.3, -0.25) is 4.57 Å². The van der Waals surface area contributed by atoms with Gasteiger partial charge < -0.3 is 0 Å². The Morgan fingerprint density at radius 2 is 0.935 bits per heavy atom. The summed E-state index contributed by atoms with van der Waals surface area (Å²) < 4.78 is 4.91. The molecule has 62 heavy (non-hydrogen) atoms. The number of nitrogens with zero attached hydrogens (tertiary/aromatic N) is 3. The highest BCUT2D eigenvalue weighted by atomic mass is 32.1. The fraction of sp³-hybridized carbons (Fsp3) is 0.0345. The molecule has 3 nitrogen and oxygen atoms in total. The molecule has 4 heteroatoms. The average molecular weight is 812 g/mol. The predicted octanol–water partition coefficient (Wildman–Crippen LogP) is 16.5. The average Bonchev–Trinajstić information content (AvgIpc) is 3.91. The van der Waals surface area contributed by atoms with Crippen molar-refractivity contribution < 1.29 is 0 Å². The van der Waals surface area contributed by atoms with Crippen molar-refractivity contribution in [2.45, 2.75) is 13.8 Å². The maximum absolute atomic E-state index is 5.42. The quantitative estimate of drug-likeness (QED) is 0.167. The maximum Gasteiger partial charge on any atom is 0.235 e. The van der Waals surface area contributed by atoms with E-state index in [0.717, 1.165) is 66.2 Å². The first-order valence-electron chi connectivity index (χ1n) is 21.3. The van der Waals surface area contributed by atoms with E-state index in [1.807, 2.05) is 31.3 Å². The summed E-state index contributed by atoms with van der Waals surface area (Å²) in [5, 5.41) is 5.97. The van der Waals surface area contributed by atoms with Gasteiger partial charge in [0.2, 0.25) is 5.95 Å². The Balaban J connectivity index is 0.00000213. The normalized spacial score (nSPS) is 11.4. The lowest BCUT2D eigenvalue weighted by atomic mass is 9.92. The zero-order valence-electron chi connectivity index (χ0n) is 34.5. The van der Waals surface area contributed by atoms with Crippen molar-refractivity contribution in [3.05, 3.63) is 212 Å². The lowest BCUT2D eigenvalue weighted by Crippen LogP contribution is -2.04. The predicted molar refractivity (Wildman–Crippen MR) is 265 cm³/mol. The molecular formula is C58H41N3S. The third kappa shape index (κ3) is 6.35. The summed E-state index contributed by atoms with van der Waals surface area (Å²) in [6, 6.07) is 76.3. The second kappa shape index (κ2) is 15.7. The summed E-state index contributed by atoms with van der Waals surface area (Å²) in [6.45, 7) is 4.00. The van der Waals surface area contributed by atoms with Gasteiger partial charge in [0.1, 0.15) is 0 Å². The third-order valence-electron chi connectivity index (χ3n) is 11.8. The standard InChI is InChI=1S/C56H35N3S.C2H6/c1-3-16-36(17-4-1)42-34-47(41-23-14-21-39(33-41)38-20-13-22-40(32-38)43-27-15-31-52-53(43)46-26-9-12-30-51(46)60-52)55-48(35-42)44-24-8-11-29-50(44)59(55)56-57-49-28-10-7-25-45(49)54(58-56)37-18-5-2-6-19-37;1-2/h1-35H;1-2H3. The molecule has 0 spiro atoms. The Kier molecular flexibility index (Phi) is 9.48. The third-order valence-corrected chi connectivity index (χ3v) is 12.9. The molecule has 12 aromatic rings. The van der Waals surface area contributed by atoms with Gasteiger partial charge in [-0.15, -0.1) is 11.3 Å². The summed E-state index contributed by atoms with van der Waals surface area (Å²) in [5.41, 5.74) is 14.4. The van der Waals surface area contributed by atoms with Gasteiger partial charge in [0.15, 0.2) is 0 Å². The van der Waals surface area contributed by atoms with Crippen LogP contribution < -0.4 is 0 Å². The summed E-state index contributed by atoms with van der Waals surface area (Å²) >= 11 is 1.86. The number of thiophene rings is 1.